The smallest absolute Gasteiger partial charge is 0.321 e. The van der Waals surface area contributed by atoms with Crippen molar-refractivity contribution < 1.29 is 14.3 Å². The highest BCUT2D eigenvalue weighted by atomic mass is 16.5. The fourth-order valence-electron chi connectivity index (χ4n) is 3.82. The summed E-state index contributed by atoms with van der Waals surface area (Å²) in [5, 5.41) is 2.91. The summed E-state index contributed by atoms with van der Waals surface area (Å²) in [6.07, 6.45) is 1.31. The molecule has 0 aliphatic carbocycles. The van der Waals surface area contributed by atoms with Gasteiger partial charge in [0, 0.05) is 37.4 Å². The van der Waals surface area contributed by atoms with Crippen molar-refractivity contribution in [1.82, 2.24) is 4.90 Å². The van der Waals surface area contributed by atoms with Gasteiger partial charge in [0.25, 0.3) is 0 Å². The lowest BCUT2D eigenvalue weighted by Crippen LogP contribution is -2.45. The second-order valence-corrected chi connectivity index (χ2v) is 7.86. The van der Waals surface area contributed by atoms with Crippen molar-refractivity contribution in [2.75, 3.05) is 30.4 Å². The number of rotatable bonds is 5. The fraction of sp³-hybridized carbons (Fsp3) is 0.231. The predicted octanol–water partition coefficient (Wildman–Crippen LogP) is 5.39. The molecular weight excluding hydrogens is 402 g/mol. The largest absolute Gasteiger partial charge is 0.457 e. The van der Waals surface area contributed by atoms with E-state index in [0.29, 0.717) is 25.9 Å². The van der Waals surface area contributed by atoms with Crippen LogP contribution in [0.4, 0.5) is 16.2 Å². The van der Waals surface area contributed by atoms with E-state index in [1.807, 2.05) is 84.9 Å². The van der Waals surface area contributed by atoms with Gasteiger partial charge in [-0.05, 0) is 61.4 Å². The van der Waals surface area contributed by atoms with Crippen LogP contribution in [-0.2, 0) is 4.79 Å². The zero-order valence-electron chi connectivity index (χ0n) is 18.1. The van der Waals surface area contributed by atoms with Crippen LogP contribution < -0.4 is 15.0 Å². The quantitative estimate of drug-likeness (QED) is 0.592. The fourth-order valence-corrected chi connectivity index (χ4v) is 3.82. The number of likely N-dealkylation sites (tertiary alicyclic amines) is 1. The molecule has 1 aliphatic rings. The lowest BCUT2D eigenvalue weighted by molar-refractivity contribution is -0.123. The molecule has 1 aliphatic heterocycles. The van der Waals surface area contributed by atoms with Crippen LogP contribution in [-0.4, -0.2) is 37.0 Å². The first-order valence-electron chi connectivity index (χ1n) is 10.8. The second-order valence-electron chi connectivity index (χ2n) is 7.86. The van der Waals surface area contributed by atoms with Gasteiger partial charge in [-0.25, -0.2) is 4.79 Å². The first kappa shape index (κ1) is 21.4. The number of amides is 3. The molecule has 3 amide bonds. The van der Waals surface area contributed by atoms with E-state index in [4.69, 9.17) is 4.74 Å². The number of para-hydroxylation sites is 2. The molecule has 0 saturated carbocycles. The van der Waals surface area contributed by atoms with Crippen molar-refractivity contribution in [3.8, 4) is 11.5 Å². The molecule has 0 spiro atoms. The molecule has 32 heavy (non-hydrogen) atoms. The zero-order chi connectivity index (χ0) is 22.3. The van der Waals surface area contributed by atoms with Crippen LogP contribution in [0.5, 0.6) is 11.5 Å². The van der Waals surface area contributed by atoms with Crippen molar-refractivity contribution in [2.45, 2.75) is 12.8 Å². The topological polar surface area (TPSA) is 61.9 Å². The number of anilines is 2. The van der Waals surface area contributed by atoms with E-state index in [0.717, 1.165) is 22.9 Å². The molecule has 0 bridgehead atoms. The molecule has 1 heterocycles. The van der Waals surface area contributed by atoms with E-state index < -0.39 is 0 Å². The second kappa shape index (κ2) is 10.0. The maximum atomic E-state index is 13.0. The zero-order valence-corrected chi connectivity index (χ0v) is 18.1. The molecule has 0 atom stereocenters. The monoisotopic (exact) mass is 429 g/mol. The van der Waals surface area contributed by atoms with Gasteiger partial charge in [0.15, 0.2) is 0 Å². The van der Waals surface area contributed by atoms with Crippen molar-refractivity contribution >= 4 is 23.3 Å². The van der Waals surface area contributed by atoms with E-state index in [-0.39, 0.29) is 17.9 Å². The molecule has 0 aromatic heterocycles. The minimum absolute atomic E-state index is 0.0739. The number of hydrogen-bond donors (Lipinski definition) is 1. The normalized spacial score (nSPS) is 14.0. The molecule has 4 rings (SSSR count). The van der Waals surface area contributed by atoms with Gasteiger partial charge in [-0.15, -0.1) is 0 Å². The van der Waals surface area contributed by atoms with Gasteiger partial charge in [-0.3, -0.25) is 4.79 Å². The molecule has 6 nitrogen and oxygen atoms in total. The van der Waals surface area contributed by atoms with Crippen molar-refractivity contribution in [1.29, 1.82) is 0 Å². The highest BCUT2D eigenvalue weighted by Gasteiger charge is 2.29. The summed E-state index contributed by atoms with van der Waals surface area (Å²) in [7, 11) is 1.80. The molecule has 1 fully saturated rings. The number of carbonyl (C=O) groups excluding carboxylic acids is 2. The van der Waals surface area contributed by atoms with Gasteiger partial charge >= 0.3 is 6.03 Å². The Balaban J connectivity index is 1.29. The Bertz CT molecular complexity index is 1030. The summed E-state index contributed by atoms with van der Waals surface area (Å²) in [5.74, 6) is 1.47. The summed E-state index contributed by atoms with van der Waals surface area (Å²) in [6, 6.07) is 26.4. The summed E-state index contributed by atoms with van der Waals surface area (Å²) in [5.41, 5.74) is 1.59. The number of benzene rings is 3. The number of urea groups is 1. The molecular formula is C26H27N3O3. The summed E-state index contributed by atoms with van der Waals surface area (Å²) in [4.78, 5) is 28.9. The SMILES string of the molecule is CN(C(=O)C1CCN(C(=O)Nc2ccccc2)CC1)c1ccc(Oc2ccccc2)cc1. The number of hydrogen-bond acceptors (Lipinski definition) is 3. The van der Waals surface area contributed by atoms with Gasteiger partial charge in [0.2, 0.25) is 5.91 Å². The third-order valence-corrected chi connectivity index (χ3v) is 5.69. The van der Waals surface area contributed by atoms with Crippen LogP contribution in [0.3, 0.4) is 0 Å². The van der Waals surface area contributed by atoms with Crippen LogP contribution >= 0.6 is 0 Å². The minimum atomic E-state index is -0.121. The average molecular weight is 430 g/mol. The predicted molar refractivity (Wildman–Crippen MR) is 126 cm³/mol. The number of piperidine rings is 1. The lowest BCUT2D eigenvalue weighted by atomic mass is 9.95. The third-order valence-electron chi connectivity index (χ3n) is 5.69. The molecule has 6 heteroatoms. The van der Waals surface area contributed by atoms with Crippen molar-refractivity contribution in [2.24, 2.45) is 5.92 Å². The highest BCUT2D eigenvalue weighted by Crippen LogP contribution is 2.26. The molecule has 1 N–H and O–H groups in total. The summed E-state index contributed by atoms with van der Waals surface area (Å²) < 4.78 is 5.82. The summed E-state index contributed by atoms with van der Waals surface area (Å²) >= 11 is 0. The van der Waals surface area contributed by atoms with E-state index in [1.165, 1.54) is 0 Å². The Morgan fingerprint density at radius 1 is 0.844 bits per heavy atom. The number of nitrogens with one attached hydrogen (secondary N) is 1. The molecule has 0 radical (unpaired) electrons. The Kier molecular flexibility index (Phi) is 6.70. The van der Waals surface area contributed by atoms with Gasteiger partial charge in [0.05, 0.1) is 0 Å². The highest BCUT2D eigenvalue weighted by molar-refractivity contribution is 5.95. The van der Waals surface area contributed by atoms with Crippen molar-refractivity contribution in [3.63, 3.8) is 0 Å². The van der Waals surface area contributed by atoms with Crippen LogP contribution in [0.1, 0.15) is 12.8 Å². The van der Waals surface area contributed by atoms with E-state index in [1.54, 1.807) is 16.8 Å². The van der Waals surface area contributed by atoms with Crippen LogP contribution in [0.25, 0.3) is 0 Å². The molecule has 3 aromatic rings. The van der Waals surface area contributed by atoms with Gasteiger partial charge in [-0.1, -0.05) is 36.4 Å². The number of ether oxygens (including phenoxy) is 1. The molecule has 1 saturated heterocycles. The minimum Gasteiger partial charge on any atom is -0.457 e. The van der Waals surface area contributed by atoms with Crippen molar-refractivity contribution in [3.05, 3.63) is 84.9 Å². The van der Waals surface area contributed by atoms with Crippen LogP contribution in [0.15, 0.2) is 84.9 Å². The maximum Gasteiger partial charge on any atom is 0.321 e. The average Bonchev–Trinajstić information content (AvgIpc) is 2.85. The molecule has 3 aromatic carbocycles. The molecule has 164 valence electrons. The van der Waals surface area contributed by atoms with Crippen LogP contribution in [0.2, 0.25) is 0 Å². The Hall–Kier alpha value is -3.80. The maximum absolute atomic E-state index is 13.0. The van der Waals surface area contributed by atoms with E-state index in [2.05, 4.69) is 5.32 Å². The van der Waals surface area contributed by atoms with Crippen LogP contribution in [0, 0.1) is 5.92 Å². The number of nitrogens with zero attached hydrogens (tertiary/aromatic N) is 2. The van der Waals surface area contributed by atoms with Gasteiger partial charge in [-0.2, -0.15) is 0 Å². The van der Waals surface area contributed by atoms with E-state index in [9.17, 15) is 9.59 Å². The molecule has 0 unspecified atom stereocenters. The first-order chi connectivity index (χ1) is 15.6. The first-order valence-corrected chi connectivity index (χ1v) is 10.8. The standard InChI is InChI=1S/C26H27N3O3/c1-28(22-12-14-24(15-13-22)32-23-10-6-3-7-11-23)25(30)20-16-18-29(19-17-20)26(31)27-21-8-4-2-5-9-21/h2-15,20H,16-19H2,1H3,(H,27,31). The van der Waals surface area contributed by atoms with Gasteiger partial charge < -0.3 is 19.9 Å². The third kappa shape index (κ3) is 5.27. The Labute approximate surface area is 188 Å². The lowest BCUT2D eigenvalue weighted by Gasteiger charge is -2.33. The van der Waals surface area contributed by atoms with Gasteiger partial charge in [0.1, 0.15) is 11.5 Å². The Morgan fingerprint density at radius 2 is 1.41 bits per heavy atom. The number of carbonyl (C=O) groups is 2. The summed E-state index contributed by atoms with van der Waals surface area (Å²) in [6.45, 7) is 1.12. The van der Waals surface area contributed by atoms with E-state index >= 15 is 0 Å². The Morgan fingerprint density at radius 3 is 2.03 bits per heavy atom.